The average Bonchev–Trinajstić information content (AvgIpc) is 2.30. The number of nitrogens with zero attached hydrogens (tertiary/aromatic N) is 1. The summed E-state index contributed by atoms with van der Waals surface area (Å²) < 4.78 is 0. The van der Waals surface area contributed by atoms with Crippen molar-refractivity contribution in [2.24, 2.45) is 16.6 Å². The molecule has 0 bridgehead atoms. The SMILES string of the molecule is Cc1ccc(CCNC(N)=NCC2CCC2)c(C)c1. The predicted molar refractivity (Wildman–Crippen MR) is 81.5 cm³/mol. The van der Waals surface area contributed by atoms with E-state index in [2.05, 4.69) is 42.4 Å². The second-order valence-electron chi connectivity index (χ2n) is 5.63. The molecule has 0 atom stereocenters. The lowest BCUT2D eigenvalue weighted by molar-refractivity contribution is 0.326. The fourth-order valence-corrected chi connectivity index (χ4v) is 2.41. The van der Waals surface area contributed by atoms with Gasteiger partial charge in [0.05, 0.1) is 0 Å². The van der Waals surface area contributed by atoms with Crippen LogP contribution >= 0.6 is 0 Å². The molecular formula is C16H25N3. The first-order valence-corrected chi connectivity index (χ1v) is 7.25. The lowest BCUT2D eigenvalue weighted by atomic mass is 9.86. The molecule has 1 fully saturated rings. The average molecular weight is 259 g/mol. The third-order valence-corrected chi connectivity index (χ3v) is 3.94. The topological polar surface area (TPSA) is 50.4 Å². The Kier molecular flexibility index (Phi) is 4.83. The highest BCUT2D eigenvalue weighted by Crippen LogP contribution is 2.26. The summed E-state index contributed by atoms with van der Waals surface area (Å²) in [5.74, 6) is 1.37. The van der Waals surface area contributed by atoms with Gasteiger partial charge in [0.1, 0.15) is 0 Å². The molecule has 0 spiro atoms. The van der Waals surface area contributed by atoms with Crippen molar-refractivity contribution in [1.29, 1.82) is 0 Å². The van der Waals surface area contributed by atoms with Crippen LogP contribution in [0.5, 0.6) is 0 Å². The molecule has 0 aliphatic heterocycles. The van der Waals surface area contributed by atoms with Gasteiger partial charge in [-0.3, -0.25) is 4.99 Å². The van der Waals surface area contributed by atoms with E-state index in [0.717, 1.165) is 25.4 Å². The second kappa shape index (κ2) is 6.60. The molecule has 2 rings (SSSR count). The van der Waals surface area contributed by atoms with Crippen LogP contribution in [0.3, 0.4) is 0 Å². The third-order valence-electron chi connectivity index (χ3n) is 3.94. The molecule has 1 aromatic rings. The van der Waals surface area contributed by atoms with E-state index in [1.165, 1.54) is 36.0 Å². The predicted octanol–water partition coefficient (Wildman–Crippen LogP) is 2.55. The smallest absolute Gasteiger partial charge is 0.188 e. The van der Waals surface area contributed by atoms with Crippen molar-refractivity contribution in [2.75, 3.05) is 13.1 Å². The van der Waals surface area contributed by atoms with Crippen LogP contribution in [0.2, 0.25) is 0 Å². The highest BCUT2D eigenvalue weighted by Gasteiger charge is 2.16. The zero-order valence-corrected chi connectivity index (χ0v) is 12.1. The Hall–Kier alpha value is -1.51. The number of hydrogen-bond acceptors (Lipinski definition) is 1. The van der Waals surface area contributed by atoms with Gasteiger partial charge in [0.15, 0.2) is 5.96 Å². The molecule has 0 saturated heterocycles. The van der Waals surface area contributed by atoms with E-state index in [4.69, 9.17) is 5.73 Å². The summed E-state index contributed by atoms with van der Waals surface area (Å²) in [6.07, 6.45) is 4.99. The van der Waals surface area contributed by atoms with Gasteiger partial charge in [0.25, 0.3) is 0 Å². The number of nitrogens with two attached hydrogens (primary N) is 1. The molecule has 3 N–H and O–H groups in total. The molecule has 0 heterocycles. The van der Waals surface area contributed by atoms with Crippen LogP contribution in [0.15, 0.2) is 23.2 Å². The molecule has 1 aromatic carbocycles. The van der Waals surface area contributed by atoms with Gasteiger partial charge in [0.2, 0.25) is 0 Å². The number of benzene rings is 1. The summed E-state index contributed by atoms with van der Waals surface area (Å²) in [5.41, 5.74) is 9.91. The van der Waals surface area contributed by atoms with E-state index in [1.54, 1.807) is 0 Å². The first-order chi connectivity index (χ1) is 9.15. The number of hydrogen-bond donors (Lipinski definition) is 2. The Morgan fingerprint density at radius 1 is 1.37 bits per heavy atom. The maximum Gasteiger partial charge on any atom is 0.188 e. The van der Waals surface area contributed by atoms with Gasteiger partial charge in [-0.15, -0.1) is 0 Å². The van der Waals surface area contributed by atoms with Crippen molar-refractivity contribution in [3.63, 3.8) is 0 Å². The van der Waals surface area contributed by atoms with Gasteiger partial charge in [-0.05, 0) is 50.2 Å². The van der Waals surface area contributed by atoms with Crippen LogP contribution in [0.4, 0.5) is 0 Å². The summed E-state index contributed by atoms with van der Waals surface area (Å²) in [6, 6.07) is 6.59. The largest absolute Gasteiger partial charge is 0.370 e. The van der Waals surface area contributed by atoms with Gasteiger partial charge in [-0.25, -0.2) is 0 Å². The molecule has 0 amide bonds. The van der Waals surface area contributed by atoms with Crippen LogP contribution in [0.1, 0.15) is 36.0 Å². The number of guanidine groups is 1. The normalized spacial score (nSPS) is 16.2. The van der Waals surface area contributed by atoms with Crippen LogP contribution in [-0.4, -0.2) is 19.0 Å². The van der Waals surface area contributed by atoms with Crippen molar-refractivity contribution in [1.82, 2.24) is 5.32 Å². The zero-order valence-electron chi connectivity index (χ0n) is 12.1. The minimum absolute atomic E-state index is 0.594. The fraction of sp³-hybridized carbons (Fsp3) is 0.562. The van der Waals surface area contributed by atoms with Gasteiger partial charge in [-0.2, -0.15) is 0 Å². The molecule has 0 aromatic heterocycles. The minimum atomic E-state index is 0.594. The van der Waals surface area contributed by atoms with Gasteiger partial charge in [-0.1, -0.05) is 30.2 Å². The summed E-state index contributed by atoms with van der Waals surface area (Å²) in [7, 11) is 0. The molecule has 0 unspecified atom stereocenters. The standard InChI is InChI=1S/C16H25N3/c1-12-6-7-15(13(2)10-12)8-9-18-16(17)19-11-14-4-3-5-14/h6-7,10,14H,3-5,8-9,11H2,1-2H3,(H3,17,18,19). The summed E-state index contributed by atoms with van der Waals surface area (Å²) >= 11 is 0. The van der Waals surface area contributed by atoms with Crippen molar-refractivity contribution in [3.8, 4) is 0 Å². The van der Waals surface area contributed by atoms with Crippen LogP contribution in [-0.2, 0) is 6.42 Å². The van der Waals surface area contributed by atoms with Gasteiger partial charge in [0, 0.05) is 13.1 Å². The first-order valence-electron chi connectivity index (χ1n) is 7.25. The maximum absolute atomic E-state index is 5.87. The molecule has 3 heteroatoms. The van der Waals surface area contributed by atoms with Crippen LogP contribution < -0.4 is 11.1 Å². The second-order valence-corrected chi connectivity index (χ2v) is 5.63. The van der Waals surface area contributed by atoms with Crippen molar-refractivity contribution < 1.29 is 0 Å². The Morgan fingerprint density at radius 3 is 2.79 bits per heavy atom. The molecule has 0 radical (unpaired) electrons. The van der Waals surface area contributed by atoms with Crippen LogP contribution in [0, 0.1) is 19.8 Å². The lowest BCUT2D eigenvalue weighted by Crippen LogP contribution is -2.34. The van der Waals surface area contributed by atoms with Crippen molar-refractivity contribution in [2.45, 2.75) is 39.5 Å². The highest BCUT2D eigenvalue weighted by atomic mass is 15.1. The van der Waals surface area contributed by atoms with E-state index < -0.39 is 0 Å². The van der Waals surface area contributed by atoms with E-state index in [-0.39, 0.29) is 0 Å². The maximum atomic E-state index is 5.87. The van der Waals surface area contributed by atoms with Gasteiger partial charge < -0.3 is 11.1 Å². The molecule has 104 valence electrons. The third kappa shape index (κ3) is 4.27. The van der Waals surface area contributed by atoms with E-state index in [0.29, 0.717) is 5.96 Å². The minimum Gasteiger partial charge on any atom is -0.370 e. The van der Waals surface area contributed by atoms with Crippen LogP contribution in [0.25, 0.3) is 0 Å². The molecule has 1 aliphatic carbocycles. The molecule has 1 aliphatic rings. The molecule has 1 saturated carbocycles. The number of aliphatic imine (C=N–C) groups is 1. The summed E-state index contributed by atoms with van der Waals surface area (Å²) in [6.45, 7) is 6.03. The number of nitrogens with one attached hydrogen (secondary N) is 1. The van der Waals surface area contributed by atoms with E-state index in [1.807, 2.05) is 0 Å². The Labute approximate surface area is 116 Å². The monoisotopic (exact) mass is 259 g/mol. The highest BCUT2D eigenvalue weighted by molar-refractivity contribution is 5.77. The molecule has 19 heavy (non-hydrogen) atoms. The Bertz CT molecular complexity index is 447. The van der Waals surface area contributed by atoms with Crippen molar-refractivity contribution >= 4 is 5.96 Å². The molecular weight excluding hydrogens is 234 g/mol. The summed E-state index contributed by atoms with van der Waals surface area (Å²) in [5, 5.41) is 3.20. The molecule has 3 nitrogen and oxygen atoms in total. The van der Waals surface area contributed by atoms with E-state index >= 15 is 0 Å². The van der Waals surface area contributed by atoms with Gasteiger partial charge >= 0.3 is 0 Å². The quantitative estimate of drug-likeness (QED) is 0.630. The van der Waals surface area contributed by atoms with E-state index in [9.17, 15) is 0 Å². The lowest BCUT2D eigenvalue weighted by Gasteiger charge is -2.23. The first kappa shape index (κ1) is 13.9. The zero-order chi connectivity index (χ0) is 13.7. The number of aryl methyl sites for hydroxylation is 2. The summed E-state index contributed by atoms with van der Waals surface area (Å²) in [4.78, 5) is 4.40. The van der Waals surface area contributed by atoms with Crippen molar-refractivity contribution in [3.05, 3.63) is 34.9 Å². The Morgan fingerprint density at radius 2 is 2.16 bits per heavy atom. The number of rotatable bonds is 5. The Balaban J connectivity index is 1.72. The fourth-order valence-electron chi connectivity index (χ4n) is 2.41.